The molecule has 0 unspecified atom stereocenters. The molecule has 0 radical (unpaired) electrons. The first kappa shape index (κ1) is 41.1. The fourth-order valence-electron chi connectivity index (χ4n) is 7.85. The van der Waals surface area contributed by atoms with Crippen molar-refractivity contribution in [2.75, 3.05) is 7.11 Å². The predicted molar refractivity (Wildman–Crippen MR) is 220 cm³/mol. The van der Waals surface area contributed by atoms with Gasteiger partial charge in [-0.15, -0.1) is 0 Å². The predicted octanol–water partition coefficient (Wildman–Crippen LogP) is 10.7. The van der Waals surface area contributed by atoms with Crippen molar-refractivity contribution in [3.63, 3.8) is 0 Å². The van der Waals surface area contributed by atoms with E-state index in [1.165, 1.54) is 35.4 Å². The Balaban J connectivity index is 0.000000211. The molecule has 0 aliphatic heterocycles. The highest BCUT2D eigenvalue weighted by Crippen LogP contribution is 2.47. The number of benzene rings is 4. The molecule has 55 heavy (non-hydrogen) atoms. The second kappa shape index (κ2) is 15.9. The lowest BCUT2D eigenvalue weighted by molar-refractivity contribution is -0.137. The number of esters is 1. The molecule has 2 aliphatic carbocycles. The molecule has 4 aromatic carbocycles. The molecule has 6 nitrogen and oxygen atoms in total. The Labute approximate surface area is 327 Å². The molecule has 2 aliphatic rings. The number of hydrogen-bond acceptors (Lipinski definition) is 5. The van der Waals surface area contributed by atoms with E-state index in [1.54, 1.807) is 30.3 Å². The van der Waals surface area contributed by atoms with Gasteiger partial charge < -0.3 is 9.84 Å². The van der Waals surface area contributed by atoms with Crippen LogP contribution in [-0.2, 0) is 42.4 Å². The summed E-state index contributed by atoms with van der Waals surface area (Å²) in [6.45, 7) is 18.2. The van der Waals surface area contributed by atoms with Gasteiger partial charge in [0.25, 0.3) is 0 Å². The number of ketones is 2. The first-order valence-electron chi connectivity index (χ1n) is 19.3. The number of carboxylic acid groups (broad SMARTS) is 1. The maximum Gasteiger partial charge on any atom is 0.330 e. The Morgan fingerprint density at radius 3 is 1.35 bits per heavy atom. The summed E-state index contributed by atoms with van der Waals surface area (Å²) in [7, 11) is 1.34. The van der Waals surface area contributed by atoms with Crippen molar-refractivity contribution < 1.29 is 29.0 Å². The van der Waals surface area contributed by atoms with Crippen LogP contribution in [-0.4, -0.2) is 35.7 Å². The van der Waals surface area contributed by atoms with E-state index in [1.807, 2.05) is 36.4 Å². The second-order valence-corrected chi connectivity index (χ2v) is 17.8. The Hall–Kier alpha value is -5.10. The average Bonchev–Trinajstić information content (AvgIpc) is 3.16. The van der Waals surface area contributed by atoms with Crippen LogP contribution in [0.15, 0.2) is 91.0 Å². The largest absolute Gasteiger partial charge is 0.481 e. The Bertz CT molecular complexity index is 2110. The summed E-state index contributed by atoms with van der Waals surface area (Å²) < 4.78 is 4.59. The van der Waals surface area contributed by atoms with Crippen LogP contribution < -0.4 is 0 Å². The van der Waals surface area contributed by atoms with Crippen LogP contribution in [0, 0.1) is 0 Å². The number of aliphatic carboxylic acids is 1. The van der Waals surface area contributed by atoms with Crippen molar-refractivity contribution >= 4 is 29.6 Å². The summed E-state index contributed by atoms with van der Waals surface area (Å²) in [5, 5.41) is 8.79. The Morgan fingerprint density at radius 1 is 0.564 bits per heavy atom. The van der Waals surface area contributed by atoms with Gasteiger partial charge in [-0.2, -0.15) is 0 Å². The number of ether oxygens (including phenoxy) is 1. The van der Waals surface area contributed by atoms with E-state index < -0.39 is 11.9 Å². The van der Waals surface area contributed by atoms with Gasteiger partial charge in [-0.1, -0.05) is 128 Å². The number of rotatable bonds is 9. The molecule has 0 aromatic heterocycles. The van der Waals surface area contributed by atoms with E-state index in [0.29, 0.717) is 17.5 Å². The van der Waals surface area contributed by atoms with Crippen molar-refractivity contribution in [2.24, 2.45) is 0 Å². The monoisotopic (exact) mass is 740 g/mol. The summed E-state index contributed by atoms with van der Waals surface area (Å²) in [5.74, 6) is -1.18. The third kappa shape index (κ3) is 9.41. The van der Waals surface area contributed by atoms with Gasteiger partial charge in [0.05, 0.1) is 7.11 Å². The Kier molecular flexibility index (Phi) is 11.9. The number of fused-ring (bicyclic) bond motifs is 2. The summed E-state index contributed by atoms with van der Waals surface area (Å²) >= 11 is 0. The van der Waals surface area contributed by atoms with Crippen molar-refractivity contribution in [3.8, 4) is 0 Å². The van der Waals surface area contributed by atoms with E-state index in [0.717, 1.165) is 47.9 Å². The molecule has 0 bridgehead atoms. The lowest BCUT2D eigenvalue weighted by Crippen LogP contribution is -2.34. The van der Waals surface area contributed by atoms with Crippen LogP contribution in [0.3, 0.4) is 0 Å². The van der Waals surface area contributed by atoms with E-state index in [9.17, 15) is 19.2 Å². The highest BCUT2D eigenvalue weighted by atomic mass is 16.5. The number of methoxy groups -OCH3 is 1. The zero-order valence-corrected chi connectivity index (χ0v) is 34.0. The summed E-state index contributed by atoms with van der Waals surface area (Å²) in [6.07, 6.45) is 8.15. The molecule has 0 fully saturated rings. The number of aryl methyl sites for hydroxylation is 1. The second-order valence-electron chi connectivity index (χ2n) is 17.8. The van der Waals surface area contributed by atoms with Crippen LogP contribution in [0.2, 0.25) is 0 Å². The van der Waals surface area contributed by atoms with Gasteiger partial charge in [-0.25, -0.2) is 4.79 Å². The smallest absolute Gasteiger partial charge is 0.330 e. The molecule has 4 aromatic rings. The lowest BCUT2D eigenvalue weighted by Gasteiger charge is -2.42. The van der Waals surface area contributed by atoms with Crippen LogP contribution in [0.25, 0.3) is 6.08 Å². The molecule has 6 rings (SSSR count). The van der Waals surface area contributed by atoms with Gasteiger partial charge in [-0.3, -0.25) is 14.4 Å². The van der Waals surface area contributed by atoms with Crippen molar-refractivity contribution in [1.29, 1.82) is 0 Å². The molecule has 0 amide bonds. The quantitative estimate of drug-likeness (QED) is 0.104. The minimum absolute atomic E-state index is 0.0155. The number of hydrogen-bond donors (Lipinski definition) is 1. The van der Waals surface area contributed by atoms with Gasteiger partial charge in [-0.05, 0) is 105 Å². The molecule has 288 valence electrons. The standard InChI is InChI=1S/C25H28O3.C24H28O3/c1-24(2)14-15-25(3,4)21-16-19(11-12-20(21)24)23(27)18-9-6-17(7-10-18)8-13-22(26)28-5;1-23(2)13-14-24(3,4)20-15-18(10-11-19(20)23)22(27)17-8-5-16(6-9-17)7-12-21(25)26/h6-13,16H,14-15H2,1-5H3;5-6,8-11,15H,7,12-14H2,1-4H3,(H,25,26)/b13-8+;. The van der Waals surface area contributed by atoms with Crippen LogP contribution in [0.4, 0.5) is 0 Å². The summed E-state index contributed by atoms with van der Waals surface area (Å²) in [4.78, 5) is 47.9. The molecule has 0 heterocycles. The van der Waals surface area contributed by atoms with Crippen LogP contribution >= 0.6 is 0 Å². The molecule has 0 spiro atoms. The molecule has 0 saturated carbocycles. The van der Waals surface area contributed by atoms with Crippen LogP contribution in [0.1, 0.15) is 153 Å². The first-order chi connectivity index (χ1) is 25.7. The molecule has 1 N–H and O–H groups in total. The number of carbonyl (C=O) groups excluding carboxylic acids is 3. The van der Waals surface area contributed by atoms with Crippen molar-refractivity contribution in [2.45, 2.75) is 116 Å². The van der Waals surface area contributed by atoms with Gasteiger partial charge in [0.2, 0.25) is 0 Å². The van der Waals surface area contributed by atoms with Gasteiger partial charge in [0.1, 0.15) is 0 Å². The molecule has 0 saturated heterocycles. The fourth-order valence-corrected chi connectivity index (χ4v) is 7.85. The van der Waals surface area contributed by atoms with Crippen molar-refractivity contribution in [1.82, 2.24) is 0 Å². The minimum atomic E-state index is -0.810. The average molecular weight is 741 g/mol. The first-order valence-corrected chi connectivity index (χ1v) is 19.3. The fraction of sp³-hybridized carbons (Fsp3) is 0.388. The van der Waals surface area contributed by atoms with Gasteiger partial charge in [0, 0.05) is 34.8 Å². The maximum absolute atomic E-state index is 13.0. The molecular weight excluding hydrogens is 685 g/mol. The highest BCUT2D eigenvalue weighted by molar-refractivity contribution is 6.10. The summed E-state index contributed by atoms with van der Waals surface area (Å²) in [6, 6.07) is 26.9. The van der Waals surface area contributed by atoms with Crippen LogP contribution in [0.5, 0.6) is 0 Å². The minimum Gasteiger partial charge on any atom is -0.481 e. The van der Waals surface area contributed by atoms with Crippen molar-refractivity contribution in [3.05, 3.63) is 147 Å². The molecule has 6 heteroatoms. The summed E-state index contributed by atoms with van der Waals surface area (Å²) in [5.41, 5.74) is 10.2. The van der Waals surface area contributed by atoms with Gasteiger partial charge in [0.15, 0.2) is 11.6 Å². The third-order valence-corrected chi connectivity index (χ3v) is 11.9. The van der Waals surface area contributed by atoms with E-state index in [2.05, 4.69) is 84.4 Å². The lowest BCUT2D eigenvalue weighted by atomic mass is 9.63. The topological polar surface area (TPSA) is 97.7 Å². The highest BCUT2D eigenvalue weighted by Gasteiger charge is 2.38. The number of carboxylic acids is 1. The Morgan fingerprint density at radius 2 is 0.945 bits per heavy atom. The number of carbonyl (C=O) groups is 4. The zero-order valence-electron chi connectivity index (χ0n) is 34.0. The molecule has 0 atom stereocenters. The normalized spacial score (nSPS) is 17.2. The third-order valence-electron chi connectivity index (χ3n) is 11.9. The van der Waals surface area contributed by atoms with Gasteiger partial charge >= 0.3 is 11.9 Å². The van der Waals surface area contributed by atoms with E-state index >= 15 is 0 Å². The maximum atomic E-state index is 13.0. The SMILES string of the molecule is CC1(C)CCC(C)(C)c2cc(C(=O)c3ccc(CCC(=O)O)cc3)ccc21.COC(=O)/C=C/c1ccc(C(=O)c2ccc3c(c2)C(C)(C)CCC3(C)C)cc1. The van der Waals surface area contributed by atoms with E-state index in [-0.39, 0.29) is 39.6 Å². The van der Waals surface area contributed by atoms with E-state index in [4.69, 9.17) is 5.11 Å². The molecular formula is C49H56O6. The zero-order chi connectivity index (χ0) is 40.3.